The van der Waals surface area contributed by atoms with Crippen molar-refractivity contribution in [1.29, 1.82) is 0 Å². The Morgan fingerprint density at radius 3 is 3.17 bits per heavy atom. The van der Waals surface area contributed by atoms with Crippen LogP contribution in [0.2, 0.25) is 0 Å². The van der Waals surface area contributed by atoms with Crippen molar-refractivity contribution in [2.45, 2.75) is 6.17 Å². The summed E-state index contributed by atoms with van der Waals surface area (Å²) >= 11 is 2.08. The highest BCUT2D eigenvalue weighted by Crippen LogP contribution is 2.19. The normalized spacial score (nSPS) is 21.2. The van der Waals surface area contributed by atoms with Gasteiger partial charge in [-0.2, -0.15) is 4.39 Å². The van der Waals surface area contributed by atoms with Crippen LogP contribution in [0.5, 0.6) is 0 Å². The first kappa shape index (κ1) is 7.99. The zero-order valence-corrected chi connectivity index (χ0v) is 8.12. The van der Waals surface area contributed by atoms with Crippen molar-refractivity contribution < 1.29 is 4.39 Å². The van der Waals surface area contributed by atoms with Crippen molar-refractivity contribution in [2.75, 3.05) is 5.43 Å². The second-order valence-electron chi connectivity index (χ2n) is 2.39. The molecule has 64 valence electrons. The molecule has 2 rings (SSSR count). The van der Waals surface area contributed by atoms with Crippen LogP contribution < -0.4 is 11.2 Å². The molecule has 12 heavy (non-hydrogen) atoms. The number of halogens is 2. The van der Waals surface area contributed by atoms with E-state index in [-0.39, 0.29) is 0 Å². The molecule has 0 bridgehead atoms. The van der Waals surface area contributed by atoms with Gasteiger partial charge >= 0.3 is 0 Å². The van der Waals surface area contributed by atoms with Crippen molar-refractivity contribution in [2.24, 2.45) is 10.7 Å². The first-order valence-corrected chi connectivity index (χ1v) is 4.39. The molecule has 1 unspecified atom stereocenters. The quantitative estimate of drug-likeness (QED) is 0.548. The van der Waals surface area contributed by atoms with E-state index in [1.165, 1.54) is 0 Å². The van der Waals surface area contributed by atoms with Gasteiger partial charge < -0.3 is 5.73 Å². The summed E-state index contributed by atoms with van der Waals surface area (Å²) < 4.78 is 15.2. The Balaban J connectivity index is 2.50. The summed E-state index contributed by atoms with van der Waals surface area (Å²) in [5.41, 5.74) is 8.77. The summed E-state index contributed by atoms with van der Waals surface area (Å²) in [7, 11) is 0. The minimum absolute atomic E-state index is 0.602. The second-order valence-corrected chi connectivity index (χ2v) is 3.50. The van der Waals surface area contributed by atoms with Crippen LogP contribution in [0.15, 0.2) is 17.1 Å². The Hall–Kier alpha value is -0.630. The van der Waals surface area contributed by atoms with E-state index in [2.05, 4.69) is 33.0 Å². The Labute approximate surface area is 81.8 Å². The highest BCUT2D eigenvalue weighted by molar-refractivity contribution is 14.1. The number of aliphatic imine (C=N–C) groups is 1. The molecule has 4 nitrogen and oxygen atoms in total. The Morgan fingerprint density at radius 2 is 2.42 bits per heavy atom. The van der Waals surface area contributed by atoms with Crippen LogP contribution in [0.4, 0.5) is 4.39 Å². The molecule has 1 aliphatic heterocycles. The molecule has 0 saturated carbocycles. The smallest absolute Gasteiger partial charge is 0.298 e. The Bertz CT molecular complexity index is 345. The predicted molar refractivity (Wildman–Crippen MR) is 52.0 cm³/mol. The van der Waals surface area contributed by atoms with Crippen LogP contribution in [0.1, 0.15) is 11.9 Å². The first-order valence-electron chi connectivity index (χ1n) is 3.31. The molecule has 0 aromatic carbocycles. The van der Waals surface area contributed by atoms with Crippen LogP contribution >= 0.6 is 22.6 Å². The fourth-order valence-electron chi connectivity index (χ4n) is 1.08. The average molecular weight is 280 g/mol. The van der Waals surface area contributed by atoms with Gasteiger partial charge in [-0.15, -0.1) is 0 Å². The lowest BCUT2D eigenvalue weighted by Crippen LogP contribution is -2.31. The Morgan fingerprint density at radius 1 is 1.67 bits per heavy atom. The molecule has 1 atom stereocenters. The maximum absolute atomic E-state index is 12.7. The number of aromatic nitrogens is 1. The van der Waals surface area contributed by atoms with Gasteiger partial charge in [-0.05, 0) is 34.7 Å². The molecule has 0 radical (unpaired) electrons. The molecule has 6 heteroatoms. The zero-order chi connectivity index (χ0) is 8.72. The van der Waals surface area contributed by atoms with E-state index in [1.807, 2.05) is 12.1 Å². The minimum atomic E-state index is -0.649. The van der Waals surface area contributed by atoms with Crippen LogP contribution in [-0.2, 0) is 0 Å². The third-order valence-corrected chi connectivity index (χ3v) is 2.46. The lowest BCUT2D eigenvalue weighted by molar-refractivity contribution is 0.623. The summed E-state index contributed by atoms with van der Waals surface area (Å²) in [4.78, 5) is 3.53. The molecule has 0 spiro atoms. The van der Waals surface area contributed by atoms with Gasteiger partial charge in [0, 0.05) is 0 Å². The monoisotopic (exact) mass is 280 g/mol. The van der Waals surface area contributed by atoms with Crippen LogP contribution in [0, 0.1) is 3.70 Å². The zero-order valence-electron chi connectivity index (χ0n) is 5.96. The maximum Gasteiger partial charge on any atom is 0.298 e. The Kier molecular flexibility index (Phi) is 1.80. The molecule has 0 amide bonds. The van der Waals surface area contributed by atoms with Crippen molar-refractivity contribution in [3.8, 4) is 0 Å². The topological polar surface area (TPSA) is 55.3 Å². The average Bonchev–Trinajstić information content (AvgIpc) is 2.33. The summed E-state index contributed by atoms with van der Waals surface area (Å²) in [6.07, 6.45) is -1.25. The molecule has 1 aromatic heterocycles. The van der Waals surface area contributed by atoms with E-state index in [1.54, 1.807) is 4.68 Å². The number of nitrogens with one attached hydrogen (secondary N) is 1. The van der Waals surface area contributed by atoms with Gasteiger partial charge in [-0.3, -0.25) is 5.43 Å². The molecular weight excluding hydrogens is 274 g/mol. The molecular formula is C6H6FIN4. The van der Waals surface area contributed by atoms with Gasteiger partial charge in [-0.1, -0.05) is 0 Å². The number of fused-ring (bicyclic) bond motifs is 1. The van der Waals surface area contributed by atoms with Gasteiger partial charge in [0.05, 0.1) is 5.69 Å². The molecule has 0 fully saturated rings. The summed E-state index contributed by atoms with van der Waals surface area (Å²) in [6, 6.07) is 3.66. The second kappa shape index (κ2) is 2.70. The van der Waals surface area contributed by atoms with E-state index in [0.717, 1.165) is 9.39 Å². The molecule has 2 heterocycles. The summed E-state index contributed by atoms with van der Waals surface area (Å²) in [6.45, 7) is 0. The van der Waals surface area contributed by atoms with Gasteiger partial charge in [0.1, 0.15) is 9.87 Å². The minimum Gasteiger partial charge on any atom is -0.305 e. The van der Waals surface area contributed by atoms with Crippen molar-refractivity contribution in [1.82, 2.24) is 4.68 Å². The molecule has 0 saturated heterocycles. The number of amidine groups is 1. The fourth-order valence-corrected chi connectivity index (χ4v) is 1.66. The highest BCUT2D eigenvalue weighted by atomic mass is 127. The molecule has 3 N–H and O–H groups in total. The van der Waals surface area contributed by atoms with Crippen molar-refractivity contribution >= 4 is 28.7 Å². The van der Waals surface area contributed by atoms with Gasteiger partial charge in [0.2, 0.25) is 0 Å². The number of rotatable bonds is 0. The number of hydrogen-bond donors (Lipinski definition) is 2. The predicted octanol–water partition coefficient (Wildman–Crippen LogP) is 0.933. The van der Waals surface area contributed by atoms with E-state index in [9.17, 15) is 4.39 Å². The van der Waals surface area contributed by atoms with Crippen molar-refractivity contribution in [3.05, 3.63) is 21.5 Å². The number of hydrogen-bond acceptors (Lipinski definition) is 3. The van der Waals surface area contributed by atoms with Gasteiger partial charge in [0.15, 0.2) is 0 Å². The largest absolute Gasteiger partial charge is 0.305 e. The molecule has 0 aliphatic carbocycles. The van der Waals surface area contributed by atoms with Crippen LogP contribution in [0.25, 0.3) is 0 Å². The van der Waals surface area contributed by atoms with E-state index in [0.29, 0.717) is 0 Å². The standard InChI is InChI=1S/C6H6FIN4/c7-6-10-5(9)3-1-2-4(8)12(3)11-6/h1-2,5H,9H2,(H,10,11). The molecule has 1 aliphatic rings. The van der Waals surface area contributed by atoms with Gasteiger partial charge in [0.25, 0.3) is 6.09 Å². The first-order chi connectivity index (χ1) is 5.68. The fraction of sp³-hybridized carbons (Fsp3) is 0.167. The third-order valence-electron chi connectivity index (χ3n) is 1.62. The van der Waals surface area contributed by atoms with Crippen molar-refractivity contribution in [3.63, 3.8) is 0 Å². The third kappa shape index (κ3) is 1.11. The molecule has 1 aromatic rings. The van der Waals surface area contributed by atoms with Gasteiger partial charge in [-0.25, -0.2) is 9.67 Å². The SMILES string of the molecule is NC1N=C(F)Nn2c(I)ccc21. The van der Waals surface area contributed by atoms with Crippen LogP contribution in [-0.4, -0.2) is 10.8 Å². The lowest BCUT2D eigenvalue weighted by Gasteiger charge is -2.18. The summed E-state index contributed by atoms with van der Waals surface area (Å²) in [5, 5.41) is 0. The van der Waals surface area contributed by atoms with E-state index >= 15 is 0 Å². The highest BCUT2D eigenvalue weighted by Gasteiger charge is 2.19. The lowest BCUT2D eigenvalue weighted by atomic mass is 10.3. The number of nitrogens with two attached hydrogens (primary N) is 1. The maximum atomic E-state index is 12.7. The van der Waals surface area contributed by atoms with Crippen LogP contribution in [0.3, 0.4) is 0 Å². The van der Waals surface area contributed by atoms with E-state index in [4.69, 9.17) is 5.73 Å². The number of nitrogens with zero attached hydrogens (tertiary/aromatic N) is 2. The van der Waals surface area contributed by atoms with E-state index < -0.39 is 12.3 Å². The summed E-state index contributed by atoms with van der Waals surface area (Å²) in [5.74, 6) is 0.